The molecule has 0 aliphatic rings. The van der Waals surface area contributed by atoms with Crippen molar-refractivity contribution in [1.82, 2.24) is 15.2 Å². The minimum absolute atomic E-state index is 0.201. The molecule has 0 amide bonds. The number of rotatable bonds is 5. The number of methoxy groups -OCH3 is 1. The highest BCUT2D eigenvalue weighted by Gasteiger charge is 2.18. The fourth-order valence-electron chi connectivity index (χ4n) is 2.14. The van der Waals surface area contributed by atoms with E-state index in [0.29, 0.717) is 27.7 Å². The molecule has 0 bridgehead atoms. The number of aromatic amines is 1. The van der Waals surface area contributed by atoms with Crippen LogP contribution in [0.2, 0.25) is 0 Å². The Bertz CT molecular complexity index is 813. The number of H-pyrrole nitrogens is 1. The molecule has 1 aromatic carbocycles. The first-order chi connectivity index (χ1) is 10.6. The topological polar surface area (TPSA) is 88.9 Å². The number of fused-ring (bicyclic) bond motifs is 1. The minimum atomic E-state index is -0.434. The zero-order valence-electron chi connectivity index (χ0n) is 12.2. The Balaban J connectivity index is 2.09. The average Bonchev–Trinajstić information content (AvgIpc) is 3.06. The zero-order valence-corrected chi connectivity index (χ0v) is 13.1. The summed E-state index contributed by atoms with van der Waals surface area (Å²) < 4.78 is 19.6. The molecule has 2 heterocycles. The molecule has 6 nitrogen and oxygen atoms in total. The van der Waals surface area contributed by atoms with E-state index in [1.807, 2.05) is 0 Å². The summed E-state index contributed by atoms with van der Waals surface area (Å²) >= 11 is 1.42. The van der Waals surface area contributed by atoms with E-state index >= 15 is 0 Å². The molecule has 0 fully saturated rings. The standard InChI is InChI=1S/C14H16FN5OS/c1-3-4-17-13-11(12(16)19-20-13)14-18-8-5-7(15)9(21-2)6-10(8)22-14/h5-6H,3-4H2,1-2H3,(H4,16,17,19,20). The molecule has 0 aliphatic carbocycles. The second-order valence-electron chi connectivity index (χ2n) is 4.76. The van der Waals surface area contributed by atoms with Crippen LogP contribution < -0.4 is 15.8 Å². The molecule has 0 unspecified atom stereocenters. The van der Waals surface area contributed by atoms with Gasteiger partial charge in [0.2, 0.25) is 0 Å². The summed E-state index contributed by atoms with van der Waals surface area (Å²) in [6, 6.07) is 3.00. The maximum Gasteiger partial charge on any atom is 0.167 e. The third-order valence-corrected chi connectivity index (χ3v) is 4.25. The molecular weight excluding hydrogens is 305 g/mol. The van der Waals surface area contributed by atoms with Crippen molar-refractivity contribution in [2.75, 3.05) is 24.7 Å². The predicted octanol–water partition coefficient (Wildman–Crippen LogP) is 3.24. The number of hydrogen-bond acceptors (Lipinski definition) is 6. The number of thiazole rings is 1. The van der Waals surface area contributed by atoms with Crippen molar-refractivity contribution in [2.24, 2.45) is 0 Å². The van der Waals surface area contributed by atoms with Crippen molar-refractivity contribution in [1.29, 1.82) is 0 Å². The molecule has 0 radical (unpaired) electrons. The molecular formula is C14H16FN5OS. The van der Waals surface area contributed by atoms with E-state index in [1.54, 1.807) is 6.07 Å². The molecule has 0 saturated heterocycles. The van der Waals surface area contributed by atoms with Gasteiger partial charge in [0, 0.05) is 18.7 Å². The van der Waals surface area contributed by atoms with Gasteiger partial charge in [-0.05, 0) is 6.42 Å². The van der Waals surface area contributed by atoms with E-state index < -0.39 is 5.82 Å². The van der Waals surface area contributed by atoms with Crippen molar-refractivity contribution in [3.63, 3.8) is 0 Å². The maximum absolute atomic E-state index is 13.8. The summed E-state index contributed by atoms with van der Waals surface area (Å²) in [4.78, 5) is 4.46. The normalized spacial score (nSPS) is 11.0. The van der Waals surface area contributed by atoms with E-state index in [0.717, 1.165) is 17.7 Å². The van der Waals surface area contributed by atoms with E-state index in [2.05, 4.69) is 27.4 Å². The summed E-state index contributed by atoms with van der Waals surface area (Å²) in [5.74, 6) is 0.861. The number of anilines is 2. The van der Waals surface area contributed by atoms with E-state index in [-0.39, 0.29) is 5.75 Å². The molecule has 0 aliphatic heterocycles. The molecule has 0 saturated carbocycles. The van der Waals surface area contributed by atoms with Gasteiger partial charge in [-0.2, -0.15) is 5.10 Å². The summed E-state index contributed by atoms with van der Waals surface area (Å²) in [6.07, 6.45) is 0.967. The summed E-state index contributed by atoms with van der Waals surface area (Å²) in [6.45, 7) is 2.85. The number of nitrogens with two attached hydrogens (primary N) is 1. The Labute approximate surface area is 130 Å². The SMILES string of the molecule is CCCNc1n[nH]c(N)c1-c1nc2cc(F)c(OC)cc2s1. The van der Waals surface area contributed by atoms with Gasteiger partial charge in [-0.25, -0.2) is 9.37 Å². The molecule has 22 heavy (non-hydrogen) atoms. The lowest BCUT2D eigenvalue weighted by atomic mass is 10.3. The lowest BCUT2D eigenvalue weighted by molar-refractivity contribution is 0.387. The molecule has 8 heteroatoms. The van der Waals surface area contributed by atoms with E-state index in [1.165, 1.54) is 24.5 Å². The Hall–Kier alpha value is -2.35. The molecule has 0 atom stereocenters. The Morgan fingerprint density at radius 2 is 2.27 bits per heavy atom. The molecule has 116 valence electrons. The highest BCUT2D eigenvalue weighted by molar-refractivity contribution is 7.21. The Morgan fingerprint density at radius 1 is 1.45 bits per heavy atom. The Kier molecular flexibility index (Phi) is 3.84. The highest BCUT2D eigenvalue weighted by atomic mass is 32.1. The van der Waals surface area contributed by atoms with Crippen LogP contribution >= 0.6 is 11.3 Å². The van der Waals surface area contributed by atoms with Crippen molar-refractivity contribution >= 4 is 33.2 Å². The number of nitrogens with zero attached hydrogens (tertiary/aromatic N) is 2. The first-order valence-corrected chi connectivity index (χ1v) is 7.67. The van der Waals surface area contributed by atoms with Gasteiger partial charge in [0.25, 0.3) is 0 Å². The summed E-state index contributed by atoms with van der Waals surface area (Å²) in [5.41, 5.74) is 7.25. The number of benzene rings is 1. The van der Waals surface area contributed by atoms with Gasteiger partial charge in [-0.3, -0.25) is 5.10 Å². The van der Waals surface area contributed by atoms with Crippen molar-refractivity contribution in [3.05, 3.63) is 17.9 Å². The number of hydrogen-bond donors (Lipinski definition) is 3. The minimum Gasteiger partial charge on any atom is -0.494 e. The third-order valence-electron chi connectivity index (χ3n) is 3.21. The van der Waals surface area contributed by atoms with Crippen LogP contribution in [-0.2, 0) is 0 Å². The fraction of sp³-hybridized carbons (Fsp3) is 0.286. The monoisotopic (exact) mass is 321 g/mol. The first kappa shape index (κ1) is 14.6. The Morgan fingerprint density at radius 3 is 3.00 bits per heavy atom. The third kappa shape index (κ3) is 2.45. The number of ether oxygens (including phenoxy) is 1. The fourth-order valence-corrected chi connectivity index (χ4v) is 3.17. The van der Waals surface area contributed by atoms with Crippen molar-refractivity contribution < 1.29 is 9.13 Å². The van der Waals surface area contributed by atoms with Crippen LogP contribution in [0.1, 0.15) is 13.3 Å². The maximum atomic E-state index is 13.8. The van der Waals surface area contributed by atoms with Crippen LogP contribution in [0.5, 0.6) is 5.75 Å². The first-order valence-electron chi connectivity index (χ1n) is 6.86. The van der Waals surface area contributed by atoms with Gasteiger partial charge in [0.15, 0.2) is 17.4 Å². The number of aromatic nitrogens is 3. The average molecular weight is 321 g/mol. The zero-order chi connectivity index (χ0) is 15.7. The molecule has 2 aromatic heterocycles. The van der Waals surface area contributed by atoms with Gasteiger partial charge >= 0.3 is 0 Å². The van der Waals surface area contributed by atoms with Crippen molar-refractivity contribution in [2.45, 2.75) is 13.3 Å². The molecule has 4 N–H and O–H groups in total. The van der Waals surface area contributed by atoms with E-state index in [4.69, 9.17) is 10.5 Å². The van der Waals surface area contributed by atoms with Crippen LogP contribution in [0.15, 0.2) is 12.1 Å². The number of nitrogens with one attached hydrogen (secondary N) is 2. The number of halogens is 1. The van der Waals surface area contributed by atoms with Crippen molar-refractivity contribution in [3.8, 4) is 16.3 Å². The largest absolute Gasteiger partial charge is 0.494 e. The lowest BCUT2D eigenvalue weighted by Crippen LogP contribution is -2.01. The van der Waals surface area contributed by atoms with Gasteiger partial charge in [-0.1, -0.05) is 6.92 Å². The lowest BCUT2D eigenvalue weighted by Gasteiger charge is -2.02. The smallest absolute Gasteiger partial charge is 0.167 e. The molecule has 0 spiro atoms. The van der Waals surface area contributed by atoms with Crippen LogP contribution in [0.3, 0.4) is 0 Å². The van der Waals surface area contributed by atoms with Crippen LogP contribution in [0.25, 0.3) is 20.8 Å². The molecule has 3 rings (SSSR count). The summed E-state index contributed by atoms with van der Waals surface area (Å²) in [5, 5.41) is 10.8. The second-order valence-corrected chi connectivity index (χ2v) is 5.79. The van der Waals surface area contributed by atoms with E-state index in [9.17, 15) is 4.39 Å². The number of nitrogen functional groups attached to an aromatic ring is 1. The van der Waals surface area contributed by atoms with Gasteiger partial charge in [-0.15, -0.1) is 11.3 Å². The quantitative estimate of drug-likeness (QED) is 0.671. The van der Waals surface area contributed by atoms with Gasteiger partial charge in [0.05, 0.1) is 22.9 Å². The molecule has 3 aromatic rings. The van der Waals surface area contributed by atoms with Crippen LogP contribution in [-0.4, -0.2) is 28.8 Å². The van der Waals surface area contributed by atoms with Gasteiger partial charge in [0.1, 0.15) is 10.8 Å². The highest BCUT2D eigenvalue weighted by Crippen LogP contribution is 2.38. The summed E-state index contributed by atoms with van der Waals surface area (Å²) in [7, 11) is 1.44. The van der Waals surface area contributed by atoms with Crippen LogP contribution in [0.4, 0.5) is 16.0 Å². The van der Waals surface area contributed by atoms with Gasteiger partial charge < -0.3 is 15.8 Å². The predicted molar refractivity (Wildman–Crippen MR) is 86.9 cm³/mol. The van der Waals surface area contributed by atoms with Crippen LogP contribution in [0, 0.1) is 5.82 Å². The second kappa shape index (κ2) is 5.80.